The average Bonchev–Trinajstić information content (AvgIpc) is 2.68. The minimum Gasteiger partial charge on any atom is -0.391 e. The van der Waals surface area contributed by atoms with Crippen molar-refractivity contribution < 1.29 is 9.50 Å². The lowest BCUT2D eigenvalue weighted by atomic mass is 9.92. The number of hydrogen-bond donors (Lipinski definition) is 2. The number of imidazole rings is 1. The Morgan fingerprint density at radius 1 is 1.33 bits per heavy atom. The summed E-state index contributed by atoms with van der Waals surface area (Å²) in [6.07, 6.45) is 3.27. The zero-order valence-electron chi connectivity index (χ0n) is 10.0. The summed E-state index contributed by atoms with van der Waals surface area (Å²) in [7, 11) is 0. The first kappa shape index (κ1) is 11.5. The second kappa shape index (κ2) is 4.24. The number of halogens is 1. The minimum atomic E-state index is -0.429. The molecule has 0 aliphatic heterocycles. The number of nitrogens with zero attached hydrogens (tertiary/aromatic N) is 2. The molecule has 1 aliphatic rings. The zero-order chi connectivity index (χ0) is 12.7. The summed E-state index contributed by atoms with van der Waals surface area (Å²) in [4.78, 5) is 4.08. The topological polar surface area (TPSA) is 64.1 Å². The average molecular weight is 249 g/mol. The number of aliphatic hydroxyl groups is 1. The van der Waals surface area contributed by atoms with E-state index in [-0.39, 0.29) is 23.3 Å². The zero-order valence-corrected chi connectivity index (χ0v) is 10.0. The van der Waals surface area contributed by atoms with Crippen molar-refractivity contribution in [3.8, 4) is 0 Å². The van der Waals surface area contributed by atoms with Crippen LogP contribution in [-0.2, 0) is 0 Å². The lowest BCUT2D eigenvalue weighted by Gasteiger charge is -2.29. The predicted molar refractivity (Wildman–Crippen MR) is 67.6 cm³/mol. The van der Waals surface area contributed by atoms with Gasteiger partial charge in [-0.15, -0.1) is 0 Å². The van der Waals surface area contributed by atoms with Gasteiger partial charge in [0.2, 0.25) is 5.95 Å². The molecule has 2 aromatic rings. The fraction of sp³-hybridized carbons (Fsp3) is 0.462. The number of aliphatic hydroxyl groups excluding tert-OH is 1. The lowest BCUT2D eigenvalue weighted by Crippen LogP contribution is -2.28. The number of hydrogen-bond acceptors (Lipinski definition) is 3. The summed E-state index contributed by atoms with van der Waals surface area (Å²) in [6.45, 7) is 0. The van der Waals surface area contributed by atoms with Gasteiger partial charge in [-0.3, -0.25) is 0 Å². The number of anilines is 1. The molecule has 0 bridgehead atoms. The molecule has 1 heterocycles. The van der Waals surface area contributed by atoms with Gasteiger partial charge >= 0.3 is 0 Å². The van der Waals surface area contributed by atoms with Gasteiger partial charge in [-0.25, -0.2) is 9.37 Å². The van der Waals surface area contributed by atoms with Crippen LogP contribution in [0.15, 0.2) is 18.2 Å². The summed E-state index contributed by atoms with van der Waals surface area (Å²) < 4.78 is 15.4. The van der Waals surface area contributed by atoms with Crippen LogP contribution in [0.2, 0.25) is 0 Å². The van der Waals surface area contributed by atoms with E-state index in [2.05, 4.69) is 4.98 Å². The monoisotopic (exact) mass is 249 g/mol. The van der Waals surface area contributed by atoms with Gasteiger partial charge < -0.3 is 15.4 Å². The van der Waals surface area contributed by atoms with Crippen LogP contribution >= 0.6 is 0 Å². The minimum absolute atomic E-state index is 0.0921. The smallest absolute Gasteiger partial charge is 0.201 e. The van der Waals surface area contributed by atoms with Gasteiger partial charge in [0.05, 0.1) is 17.7 Å². The van der Waals surface area contributed by atoms with Crippen LogP contribution in [0.1, 0.15) is 31.7 Å². The molecule has 18 heavy (non-hydrogen) atoms. The van der Waals surface area contributed by atoms with Crippen molar-refractivity contribution in [1.29, 1.82) is 0 Å². The number of nitrogen functional groups attached to an aromatic ring is 1. The van der Waals surface area contributed by atoms with E-state index in [1.54, 1.807) is 16.7 Å². The number of benzene rings is 1. The van der Waals surface area contributed by atoms with Gasteiger partial charge in [0, 0.05) is 0 Å². The molecule has 0 amide bonds. The van der Waals surface area contributed by atoms with Crippen molar-refractivity contribution >= 4 is 17.0 Å². The molecule has 2 unspecified atom stereocenters. The Labute approximate surface area is 104 Å². The predicted octanol–water partition coefficient (Wildman–Crippen LogP) is 2.23. The number of fused-ring (bicyclic) bond motifs is 1. The normalized spacial score (nSPS) is 24.6. The number of aromatic nitrogens is 2. The maximum atomic E-state index is 13.6. The Kier molecular flexibility index (Phi) is 2.70. The molecule has 0 saturated heterocycles. The van der Waals surface area contributed by atoms with E-state index in [0.29, 0.717) is 5.52 Å². The van der Waals surface area contributed by atoms with Crippen LogP contribution in [0.5, 0.6) is 0 Å². The van der Waals surface area contributed by atoms with E-state index in [4.69, 9.17) is 5.73 Å². The van der Waals surface area contributed by atoms with Gasteiger partial charge in [-0.1, -0.05) is 18.9 Å². The highest BCUT2D eigenvalue weighted by Crippen LogP contribution is 2.34. The molecule has 0 radical (unpaired) electrons. The van der Waals surface area contributed by atoms with Gasteiger partial charge in [0.15, 0.2) is 5.82 Å². The first-order valence-corrected chi connectivity index (χ1v) is 6.28. The van der Waals surface area contributed by atoms with E-state index in [1.807, 2.05) is 0 Å². The van der Waals surface area contributed by atoms with Crippen LogP contribution in [-0.4, -0.2) is 20.8 Å². The largest absolute Gasteiger partial charge is 0.391 e. The molecule has 1 aliphatic carbocycles. The van der Waals surface area contributed by atoms with Crippen molar-refractivity contribution in [2.24, 2.45) is 0 Å². The van der Waals surface area contributed by atoms with E-state index in [0.717, 1.165) is 25.7 Å². The molecule has 1 aromatic heterocycles. The maximum absolute atomic E-state index is 13.6. The third-order valence-electron chi connectivity index (χ3n) is 3.72. The quantitative estimate of drug-likeness (QED) is 0.814. The molecule has 1 aromatic carbocycles. The molecule has 3 rings (SSSR count). The van der Waals surface area contributed by atoms with Gasteiger partial charge in [-0.05, 0) is 25.0 Å². The van der Waals surface area contributed by atoms with Crippen molar-refractivity contribution in [1.82, 2.24) is 9.55 Å². The number of rotatable bonds is 1. The van der Waals surface area contributed by atoms with Gasteiger partial charge in [0.25, 0.3) is 0 Å². The highest BCUT2D eigenvalue weighted by atomic mass is 19.1. The van der Waals surface area contributed by atoms with Crippen LogP contribution in [0.25, 0.3) is 11.0 Å². The van der Waals surface area contributed by atoms with E-state index >= 15 is 0 Å². The molecular formula is C13H16FN3O. The van der Waals surface area contributed by atoms with Crippen molar-refractivity contribution in [2.75, 3.05) is 5.73 Å². The Balaban J connectivity index is 2.16. The van der Waals surface area contributed by atoms with Crippen LogP contribution in [0.4, 0.5) is 10.3 Å². The summed E-state index contributed by atoms with van der Waals surface area (Å²) in [5, 5.41) is 10.1. The van der Waals surface area contributed by atoms with E-state index in [1.165, 1.54) is 6.07 Å². The third-order valence-corrected chi connectivity index (χ3v) is 3.72. The Morgan fingerprint density at radius 2 is 2.11 bits per heavy atom. The third kappa shape index (κ3) is 1.66. The van der Waals surface area contributed by atoms with Gasteiger partial charge in [-0.2, -0.15) is 0 Å². The highest BCUT2D eigenvalue weighted by Gasteiger charge is 2.28. The number of nitrogens with two attached hydrogens (primary N) is 1. The van der Waals surface area contributed by atoms with Crippen molar-refractivity contribution in [2.45, 2.75) is 37.8 Å². The summed E-state index contributed by atoms with van der Waals surface area (Å²) in [5.74, 6) is -0.0932. The Bertz CT molecular complexity index is 581. The SMILES string of the molecule is Nc1nc2c(F)cccc2n1C1CCCCC1O. The first-order chi connectivity index (χ1) is 8.68. The second-order valence-corrected chi connectivity index (χ2v) is 4.87. The molecule has 1 fully saturated rings. The lowest BCUT2D eigenvalue weighted by molar-refractivity contribution is 0.0783. The fourth-order valence-corrected chi connectivity index (χ4v) is 2.84. The standard InChI is InChI=1S/C13H16FN3O/c14-8-4-3-6-10-12(8)16-13(15)17(10)9-5-1-2-7-11(9)18/h3-4,6,9,11,18H,1-2,5,7H2,(H2,15,16). The first-order valence-electron chi connectivity index (χ1n) is 6.28. The van der Waals surface area contributed by atoms with Crippen LogP contribution < -0.4 is 5.73 Å². The second-order valence-electron chi connectivity index (χ2n) is 4.87. The molecule has 5 heteroatoms. The molecular weight excluding hydrogens is 233 g/mol. The summed E-state index contributed by atoms with van der Waals surface area (Å²) in [6, 6.07) is 4.72. The van der Waals surface area contributed by atoms with Gasteiger partial charge in [0.1, 0.15) is 5.52 Å². The molecule has 4 nitrogen and oxygen atoms in total. The molecule has 0 spiro atoms. The van der Waals surface area contributed by atoms with E-state index < -0.39 is 6.10 Å². The van der Waals surface area contributed by atoms with Crippen molar-refractivity contribution in [3.05, 3.63) is 24.0 Å². The summed E-state index contributed by atoms with van der Waals surface area (Å²) >= 11 is 0. The fourth-order valence-electron chi connectivity index (χ4n) is 2.84. The van der Waals surface area contributed by atoms with Crippen molar-refractivity contribution in [3.63, 3.8) is 0 Å². The molecule has 2 atom stereocenters. The van der Waals surface area contributed by atoms with E-state index in [9.17, 15) is 9.50 Å². The molecule has 96 valence electrons. The maximum Gasteiger partial charge on any atom is 0.201 e. The molecule has 3 N–H and O–H groups in total. The molecule has 1 saturated carbocycles. The van der Waals surface area contributed by atoms with Crippen LogP contribution in [0, 0.1) is 5.82 Å². The van der Waals surface area contributed by atoms with Crippen LogP contribution in [0.3, 0.4) is 0 Å². The number of para-hydroxylation sites is 1. The Morgan fingerprint density at radius 3 is 2.89 bits per heavy atom. The highest BCUT2D eigenvalue weighted by molar-refractivity contribution is 5.79. The Hall–Kier alpha value is -1.62. The summed E-state index contributed by atoms with van der Waals surface area (Å²) in [5.41, 5.74) is 6.84.